The SMILES string of the molecule is O=C(c1ccccc1Cl)c1cc(I)ccc1Br. The van der Waals surface area contributed by atoms with Crippen molar-refractivity contribution in [2.45, 2.75) is 0 Å². The lowest BCUT2D eigenvalue weighted by atomic mass is 10.0. The average molecular weight is 421 g/mol. The van der Waals surface area contributed by atoms with E-state index in [-0.39, 0.29) is 5.78 Å². The van der Waals surface area contributed by atoms with E-state index in [9.17, 15) is 4.79 Å². The minimum atomic E-state index is -0.0685. The Labute approximate surface area is 126 Å². The number of carbonyl (C=O) groups is 1. The van der Waals surface area contributed by atoms with Crippen LogP contribution < -0.4 is 0 Å². The van der Waals surface area contributed by atoms with E-state index in [4.69, 9.17) is 11.6 Å². The molecule has 0 spiro atoms. The van der Waals surface area contributed by atoms with Crippen LogP contribution in [0, 0.1) is 3.57 Å². The summed E-state index contributed by atoms with van der Waals surface area (Å²) >= 11 is 11.6. The van der Waals surface area contributed by atoms with Gasteiger partial charge in [0.1, 0.15) is 0 Å². The van der Waals surface area contributed by atoms with Crippen LogP contribution in [-0.2, 0) is 0 Å². The van der Waals surface area contributed by atoms with Gasteiger partial charge in [0.15, 0.2) is 5.78 Å². The lowest BCUT2D eigenvalue weighted by Gasteiger charge is -2.06. The van der Waals surface area contributed by atoms with E-state index in [1.54, 1.807) is 18.2 Å². The predicted molar refractivity (Wildman–Crippen MR) is 81.7 cm³/mol. The summed E-state index contributed by atoms with van der Waals surface area (Å²) in [6.45, 7) is 0. The highest BCUT2D eigenvalue weighted by atomic mass is 127. The molecule has 2 aromatic carbocycles. The molecule has 0 aromatic heterocycles. The number of halogens is 3. The normalized spacial score (nSPS) is 10.3. The van der Waals surface area contributed by atoms with Crippen LogP contribution in [0.3, 0.4) is 0 Å². The van der Waals surface area contributed by atoms with Crippen LogP contribution in [0.25, 0.3) is 0 Å². The van der Waals surface area contributed by atoms with Crippen molar-refractivity contribution in [2.24, 2.45) is 0 Å². The summed E-state index contributed by atoms with van der Waals surface area (Å²) < 4.78 is 1.80. The van der Waals surface area contributed by atoms with Crippen molar-refractivity contribution in [3.8, 4) is 0 Å². The zero-order valence-corrected chi connectivity index (χ0v) is 13.1. The Kier molecular flexibility index (Phi) is 4.22. The maximum absolute atomic E-state index is 12.3. The monoisotopic (exact) mass is 420 g/mol. The van der Waals surface area contributed by atoms with Crippen molar-refractivity contribution in [1.29, 1.82) is 0 Å². The molecule has 0 atom stereocenters. The molecule has 0 unspecified atom stereocenters. The first kappa shape index (κ1) is 13.1. The average Bonchev–Trinajstić information content (AvgIpc) is 2.32. The molecular weight excluding hydrogens is 414 g/mol. The van der Waals surface area contributed by atoms with E-state index >= 15 is 0 Å². The molecule has 86 valence electrons. The van der Waals surface area contributed by atoms with E-state index in [0.29, 0.717) is 16.1 Å². The second kappa shape index (κ2) is 5.50. The molecule has 0 aliphatic heterocycles. The molecule has 1 nitrogen and oxygen atoms in total. The van der Waals surface area contributed by atoms with Gasteiger partial charge in [-0.25, -0.2) is 0 Å². The van der Waals surface area contributed by atoms with Crippen molar-refractivity contribution in [3.63, 3.8) is 0 Å². The van der Waals surface area contributed by atoms with E-state index in [1.807, 2.05) is 24.3 Å². The Morgan fingerprint density at radius 3 is 2.53 bits per heavy atom. The molecule has 2 rings (SSSR count). The van der Waals surface area contributed by atoms with Gasteiger partial charge in [-0.15, -0.1) is 0 Å². The van der Waals surface area contributed by atoms with Gasteiger partial charge < -0.3 is 0 Å². The van der Waals surface area contributed by atoms with Gasteiger partial charge in [-0.3, -0.25) is 4.79 Å². The second-order valence-corrected chi connectivity index (χ2v) is 5.94. The van der Waals surface area contributed by atoms with Crippen LogP contribution in [0.2, 0.25) is 5.02 Å². The number of hydrogen-bond acceptors (Lipinski definition) is 1. The number of carbonyl (C=O) groups excluding carboxylic acids is 1. The first-order valence-electron chi connectivity index (χ1n) is 4.84. The standard InChI is InChI=1S/C13H7BrClIO/c14-11-6-5-8(16)7-10(11)13(17)9-3-1-2-4-12(9)15/h1-7H. The van der Waals surface area contributed by atoms with Crippen molar-refractivity contribution in [3.05, 3.63) is 66.7 Å². The van der Waals surface area contributed by atoms with Gasteiger partial charge in [0.05, 0.1) is 5.02 Å². The van der Waals surface area contributed by atoms with Crippen LogP contribution in [0.5, 0.6) is 0 Å². The zero-order valence-electron chi connectivity index (χ0n) is 8.58. The van der Waals surface area contributed by atoms with E-state index in [1.165, 1.54) is 0 Å². The van der Waals surface area contributed by atoms with Gasteiger partial charge in [-0.2, -0.15) is 0 Å². The highest BCUT2D eigenvalue weighted by molar-refractivity contribution is 14.1. The fourth-order valence-electron chi connectivity index (χ4n) is 1.46. The second-order valence-electron chi connectivity index (χ2n) is 3.43. The van der Waals surface area contributed by atoms with Crippen molar-refractivity contribution >= 4 is 55.9 Å². The topological polar surface area (TPSA) is 17.1 Å². The van der Waals surface area contributed by atoms with Gasteiger partial charge >= 0.3 is 0 Å². The Bertz CT molecular complexity index is 583. The first-order chi connectivity index (χ1) is 8.09. The molecule has 0 amide bonds. The van der Waals surface area contributed by atoms with Crippen LogP contribution in [0.15, 0.2) is 46.9 Å². The number of rotatable bonds is 2. The van der Waals surface area contributed by atoms with Crippen molar-refractivity contribution < 1.29 is 4.79 Å². The smallest absolute Gasteiger partial charge is 0.195 e. The molecule has 0 heterocycles. The third-order valence-electron chi connectivity index (χ3n) is 2.29. The summed E-state index contributed by atoms with van der Waals surface area (Å²) in [7, 11) is 0. The summed E-state index contributed by atoms with van der Waals surface area (Å²) in [5.74, 6) is -0.0685. The zero-order chi connectivity index (χ0) is 12.4. The van der Waals surface area contributed by atoms with Crippen LogP contribution in [0.4, 0.5) is 0 Å². The molecule has 0 aliphatic rings. The first-order valence-corrected chi connectivity index (χ1v) is 7.09. The highest BCUT2D eigenvalue weighted by Gasteiger charge is 2.15. The van der Waals surface area contributed by atoms with Crippen molar-refractivity contribution in [1.82, 2.24) is 0 Å². The van der Waals surface area contributed by atoms with E-state index < -0.39 is 0 Å². The van der Waals surface area contributed by atoms with Gasteiger partial charge in [-0.1, -0.05) is 39.7 Å². The summed E-state index contributed by atoms with van der Waals surface area (Å²) in [4.78, 5) is 12.3. The third-order valence-corrected chi connectivity index (χ3v) is 3.98. The quantitative estimate of drug-likeness (QED) is 0.496. The van der Waals surface area contributed by atoms with Crippen molar-refractivity contribution in [2.75, 3.05) is 0 Å². The molecule has 0 saturated heterocycles. The third kappa shape index (κ3) is 2.89. The maximum Gasteiger partial charge on any atom is 0.195 e. The van der Waals surface area contributed by atoms with E-state index in [2.05, 4.69) is 38.5 Å². The minimum absolute atomic E-state index is 0.0685. The number of ketones is 1. The lowest BCUT2D eigenvalue weighted by Crippen LogP contribution is -2.03. The van der Waals surface area contributed by atoms with E-state index in [0.717, 1.165) is 8.04 Å². The lowest BCUT2D eigenvalue weighted by molar-refractivity contribution is 0.103. The molecular formula is C13H7BrClIO. The van der Waals surface area contributed by atoms with Gasteiger partial charge in [0.2, 0.25) is 0 Å². The van der Waals surface area contributed by atoms with Crippen LogP contribution >= 0.6 is 50.1 Å². The molecule has 0 aliphatic carbocycles. The maximum atomic E-state index is 12.3. The number of benzene rings is 2. The molecule has 4 heteroatoms. The Morgan fingerprint density at radius 2 is 1.82 bits per heavy atom. The van der Waals surface area contributed by atoms with Gasteiger partial charge in [-0.05, 0) is 52.9 Å². The molecule has 0 radical (unpaired) electrons. The predicted octanol–water partition coefficient (Wildman–Crippen LogP) is 4.94. The molecule has 2 aromatic rings. The summed E-state index contributed by atoms with van der Waals surface area (Å²) in [5, 5.41) is 0.475. The largest absolute Gasteiger partial charge is 0.289 e. The summed E-state index contributed by atoms with van der Waals surface area (Å²) in [5.41, 5.74) is 1.15. The van der Waals surface area contributed by atoms with Gasteiger partial charge in [0, 0.05) is 19.2 Å². The molecule has 0 fully saturated rings. The summed E-state index contributed by atoms with van der Waals surface area (Å²) in [6, 6.07) is 12.7. The molecule has 0 bridgehead atoms. The minimum Gasteiger partial charge on any atom is -0.289 e. The Balaban J connectivity index is 2.51. The molecule has 17 heavy (non-hydrogen) atoms. The fraction of sp³-hybridized carbons (Fsp3) is 0. The van der Waals surface area contributed by atoms with Crippen LogP contribution in [0.1, 0.15) is 15.9 Å². The highest BCUT2D eigenvalue weighted by Crippen LogP contribution is 2.25. The molecule has 0 saturated carbocycles. The Morgan fingerprint density at radius 1 is 1.12 bits per heavy atom. The molecule has 0 N–H and O–H groups in total. The van der Waals surface area contributed by atoms with Gasteiger partial charge in [0.25, 0.3) is 0 Å². The summed E-state index contributed by atoms with van der Waals surface area (Å²) in [6.07, 6.45) is 0. The Hall–Kier alpha value is -0.390. The van der Waals surface area contributed by atoms with Crippen LogP contribution in [-0.4, -0.2) is 5.78 Å². The fourth-order valence-corrected chi connectivity index (χ4v) is 2.60. The number of hydrogen-bond donors (Lipinski definition) is 0.